The molecule has 2 heteroatoms. The van der Waals surface area contributed by atoms with Gasteiger partial charge in [-0.25, -0.2) is 0 Å². The van der Waals surface area contributed by atoms with Crippen LogP contribution in [0.25, 0.3) is 6.08 Å². The molecule has 0 aliphatic rings. The van der Waals surface area contributed by atoms with E-state index in [0.29, 0.717) is 0 Å². The van der Waals surface area contributed by atoms with Crippen LogP contribution in [-0.4, -0.2) is 11.2 Å². The molecule has 0 aromatic carbocycles. The zero-order valence-corrected chi connectivity index (χ0v) is 7.54. The zero-order chi connectivity index (χ0) is 9.40. The normalized spacial score (nSPS) is 7.83. The Bertz CT molecular complexity index is 227. The van der Waals surface area contributed by atoms with E-state index in [-0.39, 0.29) is 0 Å². The molecule has 0 saturated carbocycles. The van der Waals surface area contributed by atoms with Crippen LogP contribution in [0.5, 0.6) is 0 Å². The largest absolute Gasteiger partial charge is 0.308 e. The van der Waals surface area contributed by atoms with Crippen LogP contribution in [0.15, 0.2) is 24.9 Å². The average Bonchev–Trinajstić information content (AvgIpc) is 2.20. The Balaban J connectivity index is 0.000000561. The van der Waals surface area contributed by atoms with Crippen molar-refractivity contribution in [3.63, 3.8) is 0 Å². The highest BCUT2D eigenvalue weighted by molar-refractivity contribution is 5.81. The molecule has 0 atom stereocenters. The Morgan fingerprint density at radius 3 is 2.58 bits per heavy atom. The smallest absolute Gasteiger partial charge is 0.0711 e. The van der Waals surface area contributed by atoms with Crippen LogP contribution in [-0.2, 0) is 0 Å². The van der Waals surface area contributed by atoms with E-state index in [0.717, 1.165) is 11.3 Å². The van der Waals surface area contributed by atoms with Crippen LogP contribution >= 0.6 is 0 Å². The van der Waals surface area contributed by atoms with Crippen molar-refractivity contribution in [3.05, 3.63) is 36.2 Å². The quantitative estimate of drug-likeness (QED) is 0.667. The van der Waals surface area contributed by atoms with E-state index >= 15 is 0 Å². The minimum absolute atomic E-state index is 0.762. The van der Waals surface area contributed by atoms with Crippen LogP contribution in [0.1, 0.15) is 25.1 Å². The van der Waals surface area contributed by atoms with Gasteiger partial charge in [-0.05, 0) is 18.2 Å². The molecule has 0 bridgehead atoms. The molecule has 0 radical (unpaired) electrons. The molecule has 1 N–H and O–H groups in total. The summed E-state index contributed by atoms with van der Waals surface area (Å²) in [6.07, 6.45) is 4.59. The van der Waals surface area contributed by atoms with Crippen molar-refractivity contribution in [1.82, 2.24) is 4.98 Å². The summed E-state index contributed by atoms with van der Waals surface area (Å²) >= 11 is 0. The van der Waals surface area contributed by atoms with Gasteiger partial charge in [-0.2, -0.15) is 0 Å². The predicted octanol–water partition coefficient (Wildman–Crippen LogP) is 2.75. The summed E-state index contributed by atoms with van der Waals surface area (Å²) in [6, 6.07) is 3.63. The summed E-state index contributed by atoms with van der Waals surface area (Å²) in [6.45, 7) is 7.57. The topological polar surface area (TPSA) is 36.7 Å². The molecule has 0 saturated heterocycles. The fraction of sp³-hybridized carbons (Fsp3) is 0.200. The lowest BCUT2D eigenvalue weighted by molar-refractivity contribution is 1.28. The predicted molar refractivity (Wildman–Crippen MR) is 53.6 cm³/mol. The van der Waals surface area contributed by atoms with Crippen molar-refractivity contribution in [2.75, 3.05) is 0 Å². The third-order valence-electron chi connectivity index (χ3n) is 1.22. The SMILES string of the molecule is C=Cc1ncccc1C=N.CC. The first-order valence-electron chi connectivity index (χ1n) is 3.96. The third kappa shape index (κ3) is 2.66. The molecule has 0 unspecified atom stereocenters. The Morgan fingerprint density at radius 1 is 1.50 bits per heavy atom. The highest BCUT2D eigenvalue weighted by Gasteiger charge is 1.92. The van der Waals surface area contributed by atoms with E-state index in [9.17, 15) is 0 Å². The minimum Gasteiger partial charge on any atom is -0.308 e. The molecule has 0 aliphatic heterocycles. The maximum atomic E-state index is 6.98. The summed E-state index contributed by atoms with van der Waals surface area (Å²) in [5.41, 5.74) is 1.56. The molecule has 0 spiro atoms. The molecule has 64 valence electrons. The van der Waals surface area contributed by atoms with E-state index in [2.05, 4.69) is 11.6 Å². The van der Waals surface area contributed by atoms with E-state index in [1.54, 1.807) is 18.3 Å². The molecule has 1 rings (SSSR count). The van der Waals surface area contributed by atoms with Gasteiger partial charge in [-0.15, -0.1) is 0 Å². The maximum Gasteiger partial charge on any atom is 0.0711 e. The third-order valence-corrected chi connectivity index (χ3v) is 1.22. The Morgan fingerprint density at radius 2 is 2.17 bits per heavy atom. The standard InChI is InChI=1S/C8H8N2.C2H6/c1-2-8-7(6-9)4-3-5-10-8;1-2/h2-6,9H,1H2;1-2H3. The number of nitrogens with one attached hydrogen (secondary N) is 1. The molecule has 0 fully saturated rings. The van der Waals surface area contributed by atoms with Crippen molar-refractivity contribution in [1.29, 1.82) is 5.41 Å². The highest BCUT2D eigenvalue weighted by Crippen LogP contribution is 2.01. The first-order valence-corrected chi connectivity index (χ1v) is 3.96. The summed E-state index contributed by atoms with van der Waals surface area (Å²) in [7, 11) is 0. The molecule has 1 heterocycles. The van der Waals surface area contributed by atoms with E-state index in [1.165, 1.54) is 6.21 Å². The van der Waals surface area contributed by atoms with Gasteiger partial charge in [-0.1, -0.05) is 20.4 Å². The van der Waals surface area contributed by atoms with Crippen LogP contribution in [0.3, 0.4) is 0 Å². The number of hydrogen-bond acceptors (Lipinski definition) is 2. The van der Waals surface area contributed by atoms with Crippen LogP contribution in [0, 0.1) is 5.41 Å². The van der Waals surface area contributed by atoms with Crippen LogP contribution in [0.4, 0.5) is 0 Å². The molecule has 12 heavy (non-hydrogen) atoms. The van der Waals surface area contributed by atoms with Crippen LogP contribution in [0.2, 0.25) is 0 Å². The van der Waals surface area contributed by atoms with Gasteiger partial charge < -0.3 is 5.41 Å². The summed E-state index contributed by atoms with van der Waals surface area (Å²) in [5, 5.41) is 6.98. The fourth-order valence-corrected chi connectivity index (χ4v) is 0.723. The lowest BCUT2D eigenvalue weighted by Crippen LogP contribution is -1.87. The monoisotopic (exact) mass is 162 g/mol. The van der Waals surface area contributed by atoms with E-state index in [1.807, 2.05) is 19.9 Å². The summed E-state index contributed by atoms with van der Waals surface area (Å²) in [5.74, 6) is 0. The van der Waals surface area contributed by atoms with Crippen LogP contribution < -0.4 is 0 Å². The van der Waals surface area contributed by atoms with Gasteiger partial charge in [0.25, 0.3) is 0 Å². The molecular formula is C10H14N2. The van der Waals surface area contributed by atoms with Gasteiger partial charge in [0.05, 0.1) is 5.69 Å². The van der Waals surface area contributed by atoms with Gasteiger partial charge in [0.1, 0.15) is 0 Å². The van der Waals surface area contributed by atoms with Gasteiger partial charge >= 0.3 is 0 Å². The molecule has 0 aliphatic carbocycles. The van der Waals surface area contributed by atoms with Crippen molar-refractivity contribution in [2.24, 2.45) is 0 Å². The fourth-order valence-electron chi connectivity index (χ4n) is 0.723. The second kappa shape index (κ2) is 6.28. The molecule has 2 nitrogen and oxygen atoms in total. The Kier molecular flexibility index (Phi) is 5.53. The summed E-state index contributed by atoms with van der Waals surface area (Å²) in [4.78, 5) is 4.00. The Labute approximate surface area is 73.5 Å². The van der Waals surface area contributed by atoms with Gasteiger partial charge in [0.2, 0.25) is 0 Å². The second-order valence-electron chi connectivity index (χ2n) is 1.83. The lowest BCUT2D eigenvalue weighted by atomic mass is 10.2. The molecule has 1 aromatic heterocycles. The van der Waals surface area contributed by atoms with Crippen molar-refractivity contribution >= 4 is 12.3 Å². The van der Waals surface area contributed by atoms with Crippen molar-refractivity contribution < 1.29 is 0 Å². The van der Waals surface area contributed by atoms with E-state index < -0.39 is 0 Å². The zero-order valence-electron chi connectivity index (χ0n) is 7.54. The highest BCUT2D eigenvalue weighted by atomic mass is 14.7. The first kappa shape index (κ1) is 10.6. The van der Waals surface area contributed by atoms with Gasteiger partial charge in [-0.3, -0.25) is 4.98 Å². The number of rotatable bonds is 2. The lowest BCUT2D eigenvalue weighted by Gasteiger charge is -1.94. The number of aromatic nitrogens is 1. The maximum absolute atomic E-state index is 6.98. The van der Waals surface area contributed by atoms with Crippen molar-refractivity contribution in [2.45, 2.75) is 13.8 Å². The van der Waals surface area contributed by atoms with E-state index in [4.69, 9.17) is 5.41 Å². The Hall–Kier alpha value is -1.44. The van der Waals surface area contributed by atoms with Crippen molar-refractivity contribution in [3.8, 4) is 0 Å². The molecule has 1 aromatic rings. The number of hydrogen-bond donors (Lipinski definition) is 1. The summed E-state index contributed by atoms with van der Waals surface area (Å²) < 4.78 is 0. The minimum atomic E-state index is 0.762. The number of nitrogens with zero attached hydrogens (tertiary/aromatic N) is 1. The second-order valence-corrected chi connectivity index (χ2v) is 1.83. The van der Waals surface area contributed by atoms with Gasteiger partial charge in [0, 0.05) is 18.0 Å². The average molecular weight is 162 g/mol. The molecular weight excluding hydrogens is 148 g/mol. The number of pyridine rings is 1. The van der Waals surface area contributed by atoms with Gasteiger partial charge in [0.15, 0.2) is 0 Å². The molecule has 0 amide bonds. The first-order chi connectivity index (χ1) is 5.88.